The Hall–Kier alpha value is -1.81. The van der Waals surface area contributed by atoms with Gasteiger partial charge in [-0.25, -0.2) is 0 Å². The lowest BCUT2D eigenvalue weighted by molar-refractivity contribution is -0.139. The van der Waals surface area contributed by atoms with Crippen molar-refractivity contribution in [1.29, 1.82) is 0 Å². The number of hydrogen-bond donors (Lipinski definition) is 1. The highest BCUT2D eigenvalue weighted by Crippen LogP contribution is 2.41. The maximum Gasteiger partial charge on any atom is 0.257 e. The fourth-order valence-electron chi connectivity index (χ4n) is 3.28. The van der Waals surface area contributed by atoms with Crippen molar-refractivity contribution in [3.05, 3.63) is 75.3 Å². The Morgan fingerprint density at radius 3 is 2.16 bits per heavy atom. The molecule has 0 saturated heterocycles. The maximum absolute atomic E-state index is 13.2. The maximum atomic E-state index is 13.2. The molecule has 1 aliphatic heterocycles. The molecule has 0 saturated carbocycles. The Bertz CT molecular complexity index is 839. The summed E-state index contributed by atoms with van der Waals surface area (Å²) in [6, 6.07) is 14.6. The standard InChI is InChI=1S/C20H19Cl2NO2/c1-12-17(13-7-5-4-6-8-13)19(25)23(18(12)24)20(2,3)14-9-15(21)11-16(22)10-14/h4-11,18,24H,1-3H3. The van der Waals surface area contributed by atoms with Crippen LogP contribution in [0.3, 0.4) is 0 Å². The molecule has 3 rings (SSSR count). The van der Waals surface area contributed by atoms with E-state index in [-0.39, 0.29) is 5.91 Å². The van der Waals surface area contributed by atoms with Crippen LogP contribution < -0.4 is 0 Å². The number of hydrogen-bond acceptors (Lipinski definition) is 2. The van der Waals surface area contributed by atoms with Crippen molar-refractivity contribution in [2.45, 2.75) is 32.5 Å². The fourth-order valence-corrected chi connectivity index (χ4v) is 3.81. The summed E-state index contributed by atoms with van der Waals surface area (Å²) in [7, 11) is 0. The molecule has 2 aromatic carbocycles. The monoisotopic (exact) mass is 375 g/mol. The molecule has 1 N–H and O–H groups in total. The Kier molecular flexibility index (Phi) is 4.67. The van der Waals surface area contributed by atoms with Gasteiger partial charge in [0.05, 0.1) is 11.1 Å². The molecule has 1 atom stereocenters. The van der Waals surface area contributed by atoms with Crippen LogP contribution in [0, 0.1) is 0 Å². The molecular formula is C20H19Cl2NO2. The van der Waals surface area contributed by atoms with Gasteiger partial charge in [0.2, 0.25) is 0 Å². The van der Waals surface area contributed by atoms with E-state index < -0.39 is 11.8 Å². The van der Waals surface area contributed by atoms with E-state index in [0.29, 0.717) is 21.2 Å². The number of carbonyl (C=O) groups is 1. The van der Waals surface area contributed by atoms with Gasteiger partial charge in [-0.05, 0) is 55.7 Å². The Morgan fingerprint density at radius 1 is 1.04 bits per heavy atom. The van der Waals surface area contributed by atoms with Crippen molar-refractivity contribution in [2.75, 3.05) is 0 Å². The van der Waals surface area contributed by atoms with Crippen LogP contribution in [0.5, 0.6) is 0 Å². The summed E-state index contributed by atoms with van der Waals surface area (Å²) in [6.07, 6.45) is -1.00. The van der Waals surface area contributed by atoms with Crippen LogP contribution in [0.2, 0.25) is 10.0 Å². The van der Waals surface area contributed by atoms with Gasteiger partial charge in [0, 0.05) is 10.0 Å². The number of aliphatic hydroxyl groups is 1. The first-order valence-electron chi connectivity index (χ1n) is 7.98. The molecule has 5 heteroatoms. The zero-order chi connectivity index (χ0) is 18.4. The van der Waals surface area contributed by atoms with Crippen LogP contribution in [-0.4, -0.2) is 22.1 Å². The van der Waals surface area contributed by atoms with E-state index in [0.717, 1.165) is 11.1 Å². The first kappa shape index (κ1) is 18.0. The van der Waals surface area contributed by atoms with Crippen LogP contribution in [0.1, 0.15) is 31.9 Å². The zero-order valence-corrected chi connectivity index (χ0v) is 15.8. The molecule has 0 spiro atoms. The number of carbonyl (C=O) groups excluding carboxylic acids is 1. The van der Waals surface area contributed by atoms with Crippen molar-refractivity contribution < 1.29 is 9.90 Å². The molecule has 1 amide bonds. The summed E-state index contributed by atoms with van der Waals surface area (Å²) in [5.41, 5.74) is 1.95. The van der Waals surface area contributed by atoms with Gasteiger partial charge in [0.1, 0.15) is 0 Å². The Morgan fingerprint density at radius 2 is 1.60 bits per heavy atom. The lowest BCUT2D eigenvalue weighted by Crippen LogP contribution is -2.48. The molecule has 0 aromatic heterocycles. The average Bonchev–Trinajstić information content (AvgIpc) is 2.77. The van der Waals surface area contributed by atoms with E-state index in [4.69, 9.17) is 23.2 Å². The first-order valence-corrected chi connectivity index (χ1v) is 8.73. The lowest BCUT2D eigenvalue weighted by Gasteiger charge is -2.39. The number of benzene rings is 2. The van der Waals surface area contributed by atoms with Gasteiger partial charge in [-0.2, -0.15) is 0 Å². The first-order chi connectivity index (χ1) is 11.7. The van der Waals surface area contributed by atoms with Crippen molar-refractivity contribution in [1.82, 2.24) is 4.90 Å². The fraction of sp³-hybridized carbons (Fsp3) is 0.250. The molecule has 1 unspecified atom stereocenters. The smallest absolute Gasteiger partial charge is 0.257 e. The highest BCUT2D eigenvalue weighted by Gasteiger charge is 2.45. The van der Waals surface area contributed by atoms with E-state index in [9.17, 15) is 9.90 Å². The Labute approximate surface area is 157 Å². The van der Waals surface area contributed by atoms with Gasteiger partial charge in [-0.1, -0.05) is 53.5 Å². The zero-order valence-electron chi connectivity index (χ0n) is 14.3. The van der Waals surface area contributed by atoms with Crippen molar-refractivity contribution >= 4 is 34.7 Å². The average molecular weight is 376 g/mol. The normalized spacial score (nSPS) is 18.2. The molecule has 25 heavy (non-hydrogen) atoms. The highest BCUT2D eigenvalue weighted by molar-refractivity contribution is 6.34. The van der Waals surface area contributed by atoms with Crippen molar-refractivity contribution in [2.24, 2.45) is 0 Å². The third kappa shape index (κ3) is 3.08. The van der Waals surface area contributed by atoms with Gasteiger partial charge in [-0.15, -0.1) is 0 Å². The van der Waals surface area contributed by atoms with E-state index in [1.54, 1.807) is 25.1 Å². The molecule has 1 aliphatic rings. The van der Waals surface area contributed by atoms with Crippen LogP contribution in [0.25, 0.3) is 5.57 Å². The number of nitrogens with zero attached hydrogens (tertiary/aromatic N) is 1. The highest BCUT2D eigenvalue weighted by atomic mass is 35.5. The Balaban J connectivity index is 2.05. The summed E-state index contributed by atoms with van der Waals surface area (Å²) >= 11 is 12.3. The summed E-state index contributed by atoms with van der Waals surface area (Å²) in [6.45, 7) is 5.53. The second-order valence-corrected chi connectivity index (χ2v) is 7.56. The number of amides is 1. The molecule has 0 aliphatic carbocycles. The van der Waals surface area contributed by atoms with E-state index in [1.807, 2.05) is 44.2 Å². The molecule has 0 fully saturated rings. The molecular weight excluding hydrogens is 357 g/mol. The van der Waals surface area contributed by atoms with Crippen molar-refractivity contribution in [3.63, 3.8) is 0 Å². The summed E-state index contributed by atoms with van der Waals surface area (Å²) in [5.74, 6) is -0.211. The quantitative estimate of drug-likeness (QED) is 0.831. The largest absolute Gasteiger partial charge is 0.369 e. The minimum absolute atomic E-state index is 0.211. The molecule has 0 radical (unpaired) electrons. The van der Waals surface area contributed by atoms with E-state index in [2.05, 4.69) is 0 Å². The number of halogens is 2. The summed E-state index contributed by atoms with van der Waals surface area (Å²) in [4.78, 5) is 14.6. The molecule has 3 nitrogen and oxygen atoms in total. The van der Waals surface area contributed by atoms with Gasteiger partial charge in [0.25, 0.3) is 5.91 Å². The predicted octanol–water partition coefficient (Wildman–Crippen LogP) is 4.86. The summed E-state index contributed by atoms with van der Waals surface area (Å²) in [5, 5.41) is 11.8. The van der Waals surface area contributed by atoms with Gasteiger partial charge < -0.3 is 5.11 Å². The molecule has 2 aromatic rings. The van der Waals surface area contributed by atoms with Crippen LogP contribution in [-0.2, 0) is 10.3 Å². The predicted molar refractivity (Wildman–Crippen MR) is 101 cm³/mol. The third-order valence-corrected chi connectivity index (χ3v) is 5.13. The van der Waals surface area contributed by atoms with E-state index >= 15 is 0 Å². The van der Waals surface area contributed by atoms with E-state index in [1.165, 1.54) is 4.90 Å². The van der Waals surface area contributed by atoms with Crippen LogP contribution in [0.4, 0.5) is 0 Å². The van der Waals surface area contributed by atoms with Crippen LogP contribution in [0.15, 0.2) is 54.1 Å². The second-order valence-electron chi connectivity index (χ2n) is 6.69. The minimum Gasteiger partial charge on any atom is -0.369 e. The molecule has 130 valence electrons. The minimum atomic E-state index is -1.00. The SMILES string of the molecule is CC1=C(c2ccccc2)C(=O)N(C(C)(C)c2cc(Cl)cc(Cl)c2)C1O. The van der Waals surface area contributed by atoms with Crippen LogP contribution >= 0.6 is 23.2 Å². The topological polar surface area (TPSA) is 40.5 Å². The van der Waals surface area contributed by atoms with Crippen molar-refractivity contribution in [3.8, 4) is 0 Å². The molecule has 0 bridgehead atoms. The molecule has 1 heterocycles. The third-order valence-electron chi connectivity index (χ3n) is 4.69. The van der Waals surface area contributed by atoms with Gasteiger partial charge >= 0.3 is 0 Å². The van der Waals surface area contributed by atoms with Gasteiger partial charge in [0.15, 0.2) is 6.23 Å². The lowest BCUT2D eigenvalue weighted by atomic mass is 9.91. The number of rotatable bonds is 3. The summed E-state index contributed by atoms with van der Waals surface area (Å²) < 4.78 is 0. The second kappa shape index (κ2) is 6.49. The number of aliphatic hydroxyl groups excluding tert-OH is 1. The van der Waals surface area contributed by atoms with Gasteiger partial charge in [-0.3, -0.25) is 9.69 Å².